The Morgan fingerprint density at radius 1 is 0.179 bits per heavy atom. The Bertz CT molecular complexity index is 5480. The van der Waals surface area contributed by atoms with E-state index in [-0.39, 0.29) is 0 Å². The van der Waals surface area contributed by atoms with Gasteiger partial charge in [-0.3, -0.25) is 0 Å². The van der Waals surface area contributed by atoms with Gasteiger partial charge in [0.2, 0.25) is 0 Å². The molecule has 1 spiro atoms. The molecule has 0 N–H and O–H groups in total. The van der Waals surface area contributed by atoms with E-state index in [1.54, 1.807) is 0 Å². The molecule has 2 heterocycles. The summed E-state index contributed by atoms with van der Waals surface area (Å²) in [6, 6.07) is 131. The zero-order valence-corrected chi connectivity index (χ0v) is 51.8. The highest BCUT2D eigenvalue weighted by Gasteiger charge is 2.53. The third-order valence-corrected chi connectivity index (χ3v) is 21.6. The first-order chi connectivity index (χ1) is 47.2. The normalized spacial score (nSPS) is 14.3. The van der Waals surface area contributed by atoms with E-state index in [1.165, 1.54) is 88.7 Å². The summed E-state index contributed by atoms with van der Waals surface area (Å²) >= 11 is 0. The summed E-state index contributed by atoms with van der Waals surface area (Å²) in [6.45, 7) is 0. The van der Waals surface area contributed by atoms with E-state index < -0.39 is 16.2 Å². The molecule has 16 aromatic carbocycles. The van der Waals surface area contributed by atoms with Crippen molar-refractivity contribution in [2.45, 2.75) is 16.2 Å². The predicted octanol–water partition coefficient (Wildman–Crippen LogP) is 23.5. The first-order valence-corrected chi connectivity index (χ1v) is 33.1. The van der Waals surface area contributed by atoms with Gasteiger partial charge >= 0.3 is 0 Å². The molecule has 2 aliphatic carbocycles. The molecule has 0 aromatic heterocycles. The SMILES string of the molecule is c1ccc(C2(c3ccccc3)c3ccccc3Oc3c(-c4cccc5c(-c6cccc7c6-c6c(ccc8ccccc68)C76c7ccccc7-c7ccccc76)c6cccc(-c7cccc8c7Oc7ccccc7C8(c7ccccc7)c7ccccc7)c6cc45)cccc32)cc1. The van der Waals surface area contributed by atoms with Crippen LogP contribution in [-0.4, -0.2) is 0 Å². The van der Waals surface area contributed by atoms with Gasteiger partial charge in [0.05, 0.1) is 16.2 Å². The van der Waals surface area contributed by atoms with Gasteiger partial charge in [-0.1, -0.05) is 334 Å². The molecule has 95 heavy (non-hydrogen) atoms. The van der Waals surface area contributed by atoms with Gasteiger partial charge in [0.1, 0.15) is 23.0 Å². The molecule has 0 unspecified atom stereocenters. The molecule has 0 bridgehead atoms. The predicted molar refractivity (Wildman–Crippen MR) is 388 cm³/mol. The van der Waals surface area contributed by atoms with E-state index in [0.29, 0.717) is 0 Å². The summed E-state index contributed by atoms with van der Waals surface area (Å²) in [4.78, 5) is 0. The van der Waals surface area contributed by atoms with Crippen molar-refractivity contribution < 1.29 is 9.47 Å². The van der Waals surface area contributed by atoms with E-state index in [4.69, 9.17) is 9.47 Å². The number of hydrogen-bond acceptors (Lipinski definition) is 2. The minimum atomic E-state index is -0.716. The molecule has 0 radical (unpaired) electrons. The monoisotopic (exact) mass is 1210 g/mol. The van der Waals surface area contributed by atoms with Gasteiger partial charge in [0, 0.05) is 33.4 Å². The topological polar surface area (TPSA) is 18.5 Å². The third-order valence-electron chi connectivity index (χ3n) is 21.6. The lowest BCUT2D eigenvalue weighted by atomic mass is 9.63. The van der Waals surface area contributed by atoms with Crippen LogP contribution < -0.4 is 9.47 Å². The molecule has 442 valence electrons. The van der Waals surface area contributed by atoms with E-state index >= 15 is 0 Å². The fourth-order valence-electron chi connectivity index (χ4n) is 18.0. The van der Waals surface area contributed by atoms with Crippen molar-refractivity contribution in [3.05, 3.63) is 419 Å². The highest BCUT2D eigenvalue weighted by atomic mass is 16.5. The summed E-state index contributed by atoms with van der Waals surface area (Å²) < 4.78 is 15.0. The van der Waals surface area contributed by atoms with Gasteiger partial charge in [0.15, 0.2) is 0 Å². The fourth-order valence-corrected chi connectivity index (χ4v) is 18.0. The van der Waals surface area contributed by atoms with E-state index in [9.17, 15) is 0 Å². The highest BCUT2D eigenvalue weighted by molar-refractivity contribution is 6.22. The van der Waals surface area contributed by atoms with E-state index in [2.05, 4.69) is 352 Å². The molecule has 0 saturated heterocycles. The molecular weight excluding hydrogens is 1150 g/mol. The Hall–Kier alpha value is -12.1. The molecule has 20 rings (SSSR count). The lowest BCUT2D eigenvalue weighted by Crippen LogP contribution is -2.34. The Kier molecular flexibility index (Phi) is 11.5. The minimum absolute atomic E-state index is 0.587. The van der Waals surface area contributed by atoms with Gasteiger partial charge in [0.25, 0.3) is 0 Å². The molecule has 0 saturated carbocycles. The number of fused-ring (bicyclic) bond motifs is 18. The van der Waals surface area contributed by atoms with Crippen molar-refractivity contribution in [3.8, 4) is 78.6 Å². The van der Waals surface area contributed by atoms with Crippen LogP contribution in [0.25, 0.3) is 88.0 Å². The number of hydrogen-bond donors (Lipinski definition) is 0. The average molecular weight is 1210 g/mol. The zero-order chi connectivity index (χ0) is 62.4. The first-order valence-electron chi connectivity index (χ1n) is 33.1. The number of benzene rings is 16. The van der Waals surface area contributed by atoms with E-state index in [0.717, 1.165) is 89.1 Å². The van der Waals surface area contributed by atoms with Crippen LogP contribution in [0.3, 0.4) is 0 Å². The van der Waals surface area contributed by atoms with Gasteiger partial charge in [-0.25, -0.2) is 0 Å². The van der Waals surface area contributed by atoms with Crippen molar-refractivity contribution in [2.75, 3.05) is 0 Å². The second-order valence-electron chi connectivity index (χ2n) is 25.9. The van der Waals surface area contributed by atoms with Crippen molar-refractivity contribution in [1.29, 1.82) is 0 Å². The molecule has 16 aromatic rings. The molecule has 0 amide bonds. The maximum Gasteiger partial charge on any atom is 0.140 e. The lowest BCUT2D eigenvalue weighted by molar-refractivity contribution is 0.436. The van der Waals surface area contributed by atoms with Gasteiger partial charge in [-0.2, -0.15) is 0 Å². The molecule has 2 aliphatic heterocycles. The highest BCUT2D eigenvalue weighted by Crippen LogP contribution is 2.67. The quantitative estimate of drug-likeness (QED) is 0.148. The zero-order valence-electron chi connectivity index (χ0n) is 51.8. The standard InChI is InChI=1S/C93H58O2/c1-5-29-60(30-6-1)91(61-31-7-2-8-32-61)78-49-19-21-54-84(78)94-89-71(44-25-52-82(89)91)65-40-23-42-69-74(65)58-75-66(72-45-26-53-83-90(72)95-85-55-22-20-50-79(85)92(83,62-33-9-3-10-34-62)63-35-11-4-12-36-63)41-24-43-70(75)86(69)73-46-27-51-80-88(73)87-64-37-14-13-28-59(64)56-57-81(87)93(80)76-47-17-15-38-67(76)68-39-16-18-48-77(68)93/h1-58H. The first kappa shape index (κ1) is 53.6. The molecule has 2 heteroatoms. The van der Waals surface area contributed by atoms with Crippen LogP contribution in [0, 0.1) is 0 Å². The van der Waals surface area contributed by atoms with Crippen LogP contribution in [0.2, 0.25) is 0 Å². The Morgan fingerprint density at radius 2 is 0.526 bits per heavy atom. The molecular formula is C93H58O2. The van der Waals surface area contributed by atoms with Crippen molar-refractivity contribution in [3.63, 3.8) is 0 Å². The van der Waals surface area contributed by atoms with Gasteiger partial charge < -0.3 is 9.47 Å². The molecule has 4 aliphatic rings. The third kappa shape index (κ3) is 7.18. The lowest BCUT2D eigenvalue weighted by Gasteiger charge is -2.42. The summed E-state index contributed by atoms with van der Waals surface area (Å²) in [5, 5.41) is 6.98. The fraction of sp³-hybridized carbons (Fsp3) is 0.0323. The van der Waals surface area contributed by atoms with Gasteiger partial charge in [-0.05, 0) is 140 Å². The van der Waals surface area contributed by atoms with E-state index in [1.807, 2.05) is 0 Å². The van der Waals surface area contributed by atoms with Crippen molar-refractivity contribution >= 4 is 32.3 Å². The molecule has 0 atom stereocenters. The maximum atomic E-state index is 7.52. The van der Waals surface area contributed by atoms with Crippen LogP contribution in [0.15, 0.2) is 352 Å². The summed E-state index contributed by atoms with van der Waals surface area (Å²) in [5.41, 5.74) is 23.9. The number of ether oxygens (including phenoxy) is 2. The van der Waals surface area contributed by atoms with Gasteiger partial charge in [-0.15, -0.1) is 0 Å². The second kappa shape index (κ2) is 20.4. The number of rotatable bonds is 7. The maximum absolute atomic E-state index is 7.52. The van der Waals surface area contributed by atoms with Crippen LogP contribution >= 0.6 is 0 Å². The van der Waals surface area contributed by atoms with Crippen molar-refractivity contribution in [2.24, 2.45) is 0 Å². The summed E-state index contributed by atoms with van der Waals surface area (Å²) in [7, 11) is 0. The van der Waals surface area contributed by atoms with Crippen LogP contribution in [0.4, 0.5) is 0 Å². The number of para-hydroxylation sites is 4. The summed E-state index contributed by atoms with van der Waals surface area (Å²) in [5.74, 6) is 3.34. The van der Waals surface area contributed by atoms with Crippen LogP contribution in [-0.2, 0) is 16.2 Å². The average Bonchev–Trinajstić information content (AvgIpc) is 1.60. The summed E-state index contributed by atoms with van der Waals surface area (Å²) in [6.07, 6.45) is 0. The molecule has 0 fully saturated rings. The Labute approximate surface area is 551 Å². The van der Waals surface area contributed by atoms with Crippen LogP contribution in [0.5, 0.6) is 23.0 Å². The Balaban J connectivity index is 0.925. The Morgan fingerprint density at radius 3 is 1.02 bits per heavy atom. The second-order valence-corrected chi connectivity index (χ2v) is 25.9. The van der Waals surface area contributed by atoms with Crippen molar-refractivity contribution in [1.82, 2.24) is 0 Å². The largest absolute Gasteiger partial charge is 0.456 e. The smallest absolute Gasteiger partial charge is 0.140 e. The van der Waals surface area contributed by atoms with Crippen LogP contribution in [0.1, 0.15) is 66.8 Å². The minimum Gasteiger partial charge on any atom is -0.456 e. The molecule has 2 nitrogen and oxygen atoms in total.